The van der Waals surface area contributed by atoms with Crippen LogP contribution in [0.15, 0.2) is 30.5 Å². The van der Waals surface area contributed by atoms with Gasteiger partial charge in [-0.25, -0.2) is 4.98 Å². The van der Waals surface area contributed by atoms with Gasteiger partial charge in [-0.05, 0) is 37.1 Å². The maximum Gasteiger partial charge on any atom is 0.200 e. The average Bonchev–Trinajstić information content (AvgIpc) is 3.11. The Bertz CT molecular complexity index is 571. The minimum atomic E-state index is 0.239. The predicted molar refractivity (Wildman–Crippen MR) is 77.6 cm³/mol. The van der Waals surface area contributed by atoms with Gasteiger partial charge >= 0.3 is 0 Å². The van der Waals surface area contributed by atoms with E-state index in [4.69, 9.17) is 15.2 Å². The second-order valence-electron chi connectivity index (χ2n) is 4.98. The first kappa shape index (κ1) is 13.0. The minimum absolute atomic E-state index is 0.239. The Balaban J connectivity index is 1.88. The number of nitrogens with two attached hydrogens (primary N) is 1. The molecule has 2 N–H and O–H groups in total. The first-order chi connectivity index (χ1) is 9.78. The highest BCUT2D eigenvalue weighted by molar-refractivity contribution is 5.62. The van der Waals surface area contributed by atoms with E-state index < -0.39 is 0 Å². The largest absolute Gasteiger partial charge is 0.497 e. The van der Waals surface area contributed by atoms with E-state index in [0.717, 1.165) is 43.0 Å². The van der Waals surface area contributed by atoms with Crippen molar-refractivity contribution in [2.45, 2.75) is 25.5 Å². The summed E-state index contributed by atoms with van der Waals surface area (Å²) in [5, 5.41) is 0. The molecule has 20 heavy (non-hydrogen) atoms. The van der Waals surface area contributed by atoms with Gasteiger partial charge in [-0.2, -0.15) is 0 Å². The second-order valence-corrected chi connectivity index (χ2v) is 4.98. The van der Waals surface area contributed by atoms with Gasteiger partial charge in [0.05, 0.1) is 31.6 Å². The SMILES string of the molecule is COc1ccc(-c2cnc(N)n2C[C@H]2CCCO2)cc1. The fourth-order valence-corrected chi connectivity index (χ4v) is 2.57. The lowest BCUT2D eigenvalue weighted by atomic mass is 10.1. The first-order valence-electron chi connectivity index (χ1n) is 6.85. The van der Waals surface area contributed by atoms with Crippen molar-refractivity contribution in [2.75, 3.05) is 19.5 Å². The third kappa shape index (κ3) is 2.49. The zero-order valence-corrected chi connectivity index (χ0v) is 11.6. The van der Waals surface area contributed by atoms with E-state index in [0.29, 0.717) is 5.95 Å². The number of hydrogen-bond acceptors (Lipinski definition) is 4. The fraction of sp³-hybridized carbons (Fsp3) is 0.400. The van der Waals surface area contributed by atoms with Crippen molar-refractivity contribution in [3.63, 3.8) is 0 Å². The summed E-state index contributed by atoms with van der Waals surface area (Å²) in [5.74, 6) is 1.37. The molecule has 0 radical (unpaired) electrons. The summed E-state index contributed by atoms with van der Waals surface area (Å²) in [6.45, 7) is 1.60. The van der Waals surface area contributed by atoms with Gasteiger partial charge in [0.25, 0.3) is 0 Å². The molecule has 1 aliphatic rings. The van der Waals surface area contributed by atoms with Crippen LogP contribution in [0.4, 0.5) is 5.95 Å². The molecule has 0 saturated carbocycles. The number of hydrogen-bond donors (Lipinski definition) is 1. The van der Waals surface area contributed by atoms with Gasteiger partial charge in [0.15, 0.2) is 0 Å². The van der Waals surface area contributed by atoms with Crippen LogP contribution < -0.4 is 10.5 Å². The molecule has 5 heteroatoms. The van der Waals surface area contributed by atoms with Gasteiger partial charge in [-0.3, -0.25) is 0 Å². The van der Waals surface area contributed by atoms with Crippen LogP contribution in [0, 0.1) is 0 Å². The van der Waals surface area contributed by atoms with E-state index in [1.54, 1.807) is 7.11 Å². The van der Waals surface area contributed by atoms with E-state index in [2.05, 4.69) is 4.98 Å². The molecular weight excluding hydrogens is 254 g/mol. The van der Waals surface area contributed by atoms with Crippen molar-refractivity contribution in [1.82, 2.24) is 9.55 Å². The third-order valence-corrected chi connectivity index (χ3v) is 3.68. The van der Waals surface area contributed by atoms with Crippen molar-refractivity contribution < 1.29 is 9.47 Å². The zero-order valence-electron chi connectivity index (χ0n) is 11.6. The summed E-state index contributed by atoms with van der Waals surface area (Å²) in [4.78, 5) is 4.23. The average molecular weight is 273 g/mol. The van der Waals surface area contributed by atoms with Crippen LogP contribution in [0.5, 0.6) is 5.75 Å². The van der Waals surface area contributed by atoms with E-state index in [1.807, 2.05) is 35.0 Å². The topological polar surface area (TPSA) is 62.3 Å². The zero-order chi connectivity index (χ0) is 13.9. The quantitative estimate of drug-likeness (QED) is 0.928. The molecule has 0 bridgehead atoms. The summed E-state index contributed by atoms with van der Waals surface area (Å²) in [6, 6.07) is 7.91. The fourth-order valence-electron chi connectivity index (χ4n) is 2.57. The van der Waals surface area contributed by atoms with Crippen LogP contribution in [0.3, 0.4) is 0 Å². The highest BCUT2D eigenvalue weighted by Crippen LogP contribution is 2.26. The lowest BCUT2D eigenvalue weighted by molar-refractivity contribution is 0.0978. The number of nitrogen functional groups attached to an aromatic ring is 1. The monoisotopic (exact) mass is 273 g/mol. The number of aromatic nitrogens is 2. The van der Waals surface area contributed by atoms with Gasteiger partial charge in [0.1, 0.15) is 5.75 Å². The number of nitrogens with zero attached hydrogens (tertiary/aromatic N) is 2. The van der Waals surface area contributed by atoms with Gasteiger partial charge in [-0.1, -0.05) is 0 Å². The highest BCUT2D eigenvalue weighted by Gasteiger charge is 2.19. The molecule has 0 unspecified atom stereocenters. The third-order valence-electron chi connectivity index (χ3n) is 3.68. The Kier molecular flexibility index (Phi) is 3.60. The van der Waals surface area contributed by atoms with E-state index in [1.165, 1.54) is 0 Å². The molecule has 2 heterocycles. The highest BCUT2D eigenvalue weighted by atomic mass is 16.5. The van der Waals surface area contributed by atoms with Crippen molar-refractivity contribution in [1.29, 1.82) is 0 Å². The van der Waals surface area contributed by atoms with Crippen molar-refractivity contribution in [2.24, 2.45) is 0 Å². The molecule has 1 fully saturated rings. The molecule has 1 aliphatic heterocycles. The Hall–Kier alpha value is -2.01. The number of methoxy groups -OCH3 is 1. The van der Waals surface area contributed by atoms with E-state index >= 15 is 0 Å². The van der Waals surface area contributed by atoms with Gasteiger partial charge in [0.2, 0.25) is 5.95 Å². The molecule has 106 valence electrons. The Morgan fingerprint density at radius 2 is 2.20 bits per heavy atom. The standard InChI is InChI=1S/C15H19N3O2/c1-19-12-6-4-11(5-7-12)14-9-17-15(16)18(14)10-13-3-2-8-20-13/h4-7,9,13H,2-3,8,10H2,1H3,(H2,16,17)/t13-/m1/s1. The normalized spacial score (nSPS) is 18.4. The van der Waals surface area contributed by atoms with Crippen LogP contribution in [0.1, 0.15) is 12.8 Å². The Morgan fingerprint density at radius 3 is 2.85 bits per heavy atom. The molecule has 0 aliphatic carbocycles. The molecule has 1 aromatic carbocycles. The lowest BCUT2D eigenvalue weighted by Crippen LogP contribution is -2.17. The number of imidazole rings is 1. The smallest absolute Gasteiger partial charge is 0.200 e. The Labute approximate surface area is 118 Å². The summed E-state index contributed by atoms with van der Waals surface area (Å²) in [7, 11) is 1.66. The van der Waals surface area contributed by atoms with Crippen LogP contribution in [-0.4, -0.2) is 29.4 Å². The molecule has 1 aromatic heterocycles. The molecule has 1 atom stereocenters. The van der Waals surface area contributed by atoms with Crippen molar-refractivity contribution in [3.8, 4) is 17.0 Å². The molecule has 0 amide bonds. The summed E-state index contributed by atoms with van der Waals surface area (Å²) in [6.07, 6.45) is 4.26. The number of rotatable bonds is 4. The van der Waals surface area contributed by atoms with Gasteiger partial charge in [0, 0.05) is 12.2 Å². The minimum Gasteiger partial charge on any atom is -0.497 e. The second kappa shape index (κ2) is 5.54. The maximum atomic E-state index is 5.98. The summed E-state index contributed by atoms with van der Waals surface area (Å²) < 4.78 is 12.9. The van der Waals surface area contributed by atoms with Gasteiger partial charge in [-0.15, -0.1) is 0 Å². The van der Waals surface area contributed by atoms with Crippen molar-refractivity contribution in [3.05, 3.63) is 30.5 Å². The summed E-state index contributed by atoms with van der Waals surface area (Å²) in [5.41, 5.74) is 8.08. The number of ether oxygens (including phenoxy) is 2. The maximum absolute atomic E-state index is 5.98. The van der Waals surface area contributed by atoms with E-state index in [9.17, 15) is 0 Å². The number of anilines is 1. The number of benzene rings is 1. The van der Waals surface area contributed by atoms with Crippen LogP contribution in [-0.2, 0) is 11.3 Å². The molecule has 0 spiro atoms. The molecule has 3 rings (SSSR count). The van der Waals surface area contributed by atoms with Gasteiger partial charge < -0.3 is 19.8 Å². The lowest BCUT2D eigenvalue weighted by Gasteiger charge is -2.14. The van der Waals surface area contributed by atoms with E-state index in [-0.39, 0.29) is 6.10 Å². The molecule has 1 saturated heterocycles. The van der Waals surface area contributed by atoms with Crippen LogP contribution >= 0.6 is 0 Å². The summed E-state index contributed by atoms with van der Waals surface area (Å²) >= 11 is 0. The molecule has 2 aromatic rings. The molecular formula is C15H19N3O2. The predicted octanol–water partition coefficient (Wildman–Crippen LogP) is 2.32. The van der Waals surface area contributed by atoms with Crippen molar-refractivity contribution >= 4 is 5.95 Å². The Morgan fingerprint density at radius 1 is 1.40 bits per heavy atom. The van der Waals surface area contributed by atoms with Crippen LogP contribution in [0.2, 0.25) is 0 Å². The van der Waals surface area contributed by atoms with Crippen LogP contribution in [0.25, 0.3) is 11.3 Å². The molecule has 5 nitrogen and oxygen atoms in total. The first-order valence-corrected chi connectivity index (χ1v) is 6.85.